The Labute approximate surface area is 118 Å². The van der Waals surface area contributed by atoms with Crippen LogP contribution in [0.25, 0.3) is 0 Å². The first-order valence-corrected chi connectivity index (χ1v) is 6.36. The minimum Gasteiger partial charge on any atom is -0.488 e. The molecule has 4 heteroatoms. The summed E-state index contributed by atoms with van der Waals surface area (Å²) in [7, 11) is 3.81. The van der Waals surface area contributed by atoms with E-state index >= 15 is 0 Å². The van der Waals surface area contributed by atoms with Crippen LogP contribution in [0, 0.1) is 0 Å². The Hall–Kier alpha value is -2.49. The second-order valence-electron chi connectivity index (χ2n) is 4.71. The summed E-state index contributed by atoms with van der Waals surface area (Å²) in [6.45, 7) is 0.405. The van der Waals surface area contributed by atoms with Crippen LogP contribution in [-0.4, -0.2) is 20.0 Å². The molecule has 2 N–H and O–H groups in total. The Balaban J connectivity index is 2.21. The van der Waals surface area contributed by atoms with Crippen molar-refractivity contribution in [1.29, 1.82) is 0 Å². The van der Waals surface area contributed by atoms with Gasteiger partial charge in [0.2, 0.25) is 0 Å². The van der Waals surface area contributed by atoms with Crippen molar-refractivity contribution < 1.29 is 9.53 Å². The third-order valence-electron chi connectivity index (χ3n) is 2.98. The molecule has 0 fully saturated rings. The minimum absolute atomic E-state index is 0.395. The number of amides is 1. The summed E-state index contributed by atoms with van der Waals surface area (Å²) in [5, 5.41) is 0. The molecule has 0 aliphatic carbocycles. The summed E-state index contributed by atoms with van der Waals surface area (Å²) in [5.41, 5.74) is 7.76. The van der Waals surface area contributed by atoms with Gasteiger partial charge in [0.05, 0.1) is 5.56 Å². The topological polar surface area (TPSA) is 55.6 Å². The van der Waals surface area contributed by atoms with E-state index in [2.05, 4.69) is 0 Å². The van der Waals surface area contributed by atoms with E-state index in [1.54, 1.807) is 12.1 Å². The second-order valence-corrected chi connectivity index (χ2v) is 4.71. The molecule has 0 saturated heterocycles. The van der Waals surface area contributed by atoms with Gasteiger partial charge in [0.15, 0.2) is 0 Å². The molecule has 4 nitrogen and oxygen atoms in total. The van der Waals surface area contributed by atoms with Crippen LogP contribution in [0.4, 0.5) is 5.69 Å². The molecular weight excluding hydrogens is 252 g/mol. The lowest BCUT2D eigenvalue weighted by molar-refractivity contribution is 0.0996. The van der Waals surface area contributed by atoms with E-state index in [9.17, 15) is 4.79 Å². The van der Waals surface area contributed by atoms with Crippen molar-refractivity contribution in [3.05, 3.63) is 59.7 Å². The number of benzene rings is 2. The summed E-state index contributed by atoms with van der Waals surface area (Å²) in [6.07, 6.45) is 0. The van der Waals surface area contributed by atoms with Crippen LogP contribution in [0.3, 0.4) is 0 Å². The molecule has 2 rings (SSSR count). The van der Waals surface area contributed by atoms with Gasteiger partial charge in [0.25, 0.3) is 5.91 Å². The summed E-state index contributed by atoms with van der Waals surface area (Å²) in [5.74, 6) is 0.0173. The first-order valence-electron chi connectivity index (χ1n) is 6.36. The highest BCUT2D eigenvalue weighted by Crippen LogP contribution is 2.24. The molecule has 1 amide bonds. The van der Waals surface area contributed by atoms with Crippen LogP contribution in [-0.2, 0) is 6.61 Å². The van der Waals surface area contributed by atoms with Gasteiger partial charge in [-0.2, -0.15) is 0 Å². The Morgan fingerprint density at radius 2 is 1.85 bits per heavy atom. The van der Waals surface area contributed by atoms with Gasteiger partial charge < -0.3 is 15.4 Å². The first kappa shape index (κ1) is 13.9. The molecule has 0 aliphatic rings. The van der Waals surface area contributed by atoms with Gasteiger partial charge in [-0.15, -0.1) is 0 Å². The van der Waals surface area contributed by atoms with Crippen molar-refractivity contribution in [3.8, 4) is 5.75 Å². The van der Waals surface area contributed by atoms with Crippen LogP contribution in [0.1, 0.15) is 15.9 Å². The number of hydrogen-bond acceptors (Lipinski definition) is 3. The average Bonchev–Trinajstić information content (AvgIpc) is 2.45. The first-order chi connectivity index (χ1) is 9.58. The number of hydrogen-bond donors (Lipinski definition) is 1. The van der Waals surface area contributed by atoms with Crippen molar-refractivity contribution in [2.75, 3.05) is 19.0 Å². The molecule has 0 aliphatic heterocycles. The highest BCUT2D eigenvalue weighted by molar-refractivity contribution is 5.96. The smallest absolute Gasteiger partial charge is 0.252 e. The second kappa shape index (κ2) is 6.10. The van der Waals surface area contributed by atoms with E-state index in [-0.39, 0.29) is 0 Å². The van der Waals surface area contributed by atoms with Crippen LogP contribution in [0.2, 0.25) is 0 Å². The summed E-state index contributed by atoms with van der Waals surface area (Å²) in [6, 6.07) is 15.2. The van der Waals surface area contributed by atoms with E-state index in [1.165, 1.54) is 0 Å². The molecule has 0 heterocycles. The van der Waals surface area contributed by atoms with Gasteiger partial charge in [-0.25, -0.2) is 0 Å². The number of nitrogens with zero attached hydrogens (tertiary/aromatic N) is 1. The number of ether oxygens (including phenoxy) is 1. The van der Waals surface area contributed by atoms with Crippen LogP contribution in [0.5, 0.6) is 5.75 Å². The summed E-state index contributed by atoms with van der Waals surface area (Å²) < 4.78 is 5.70. The zero-order valence-corrected chi connectivity index (χ0v) is 11.7. The van der Waals surface area contributed by atoms with E-state index < -0.39 is 5.91 Å². The largest absolute Gasteiger partial charge is 0.488 e. The number of carbonyl (C=O) groups is 1. The van der Waals surface area contributed by atoms with Crippen LogP contribution >= 0.6 is 0 Å². The lowest BCUT2D eigenvalue weighted by Crippen LogP contribution is -2.15. The van der Waals surface area contributed by atoms with Gasteiger partial charge in [-0.05, 0) is 23.8 Å². The van der Waals surface area contributed by atoms with Crippen molar-refractivity contribution in [2.45, 2.75) is 6.61 Å². The Morgan fingerprint density at radius 1 is 1.15 bits per heavy atom. The fraction of sp³-hybridized carbons (Fsp3) is 0.188. The number of anilines is 1. The number of carbonyl (C=O) groups excluding carboxylic acids is 1. The van der Waals surface area contributed by atoms with Crippen molar-refractivity contribution in [2.24, 2.45) is 5.73 Å². The molecule has 0 aromatic heterocycles. The Bertz CT molecular complexity index is 595. The SMILES string of the molecule is CN(C)c1ccc(OCc2ccccc2)c(C(N)=O)c1. The molecule has 0 unspecified atom stereocenters. The van der Waals surface area contributed by atoms with Crippen LogP contribution in [0.15, 0.2) is 48.5 Å². The quantitative estimate of drug-likeness (QED) is 0.907. The van der Waals surface area contributed by atoms with Gasteiger partial charge in [-0.1, -0.05) is 30.3 Å². The van der Waals surface area contributed by atoms with Crippen molar-refractivity contribution in [1.82, 2.24) is 0 Å². The fourth-order valence-electron chi connectivity index (χ4n) is 1.85. The van der Waals surface area contributed by atoms with Crippen LogP contribution < -0.4 is 15.4 Å². The molecule has 0 atom stereocenters. The summed E-state index contributed by atoms with van der Waals surface area (Å²) in [4.78, 5) is 13.4. The predicted octanol–water partition coefficient (Wildman–Crippen LogP) is 2.43. The van der Waals surface area contributed by atoms with E-state index in [0.29, 0.717) is 17.9 Å². The number of primary amides is 1. The molecule has 0 spiro atoms. The van der Waals surface area contributed by atoms with Gasteiger partial charge in [0, 0.05) is 19.8 Å². The highest BCUT2D eigenvalue weighted by Gasteiger charge is 2.11. The maximum atomic E-state index is 11.5. The Morgan fingerprint density at radius 3 is 2.45 bits per heavy atom. The van der Waals surface area contributed by atoms with E-state index in [1.807, 2.05) is 55.4 Å². The Kier molecular flexibility index (Phi) is 4.25. The molecule has 0 saturated carbocycles. The molecule has 0 radical (unpaired) electrons. The van der Waals surface area contributed by atoms with E-state index in [4.69, 9.17) is 10.5 Å². The van der Waals surface area contributed by atoms with Crippen molar-refractivity contribution in [3.63, 3.8) is 0 Å². The highest BCUT2D eigenvalue weighted by atomic mass is 16.5. The molecule has 2 aromatic rings. The van der Waals surface area contributed by atoms with Gasteiger partial charge in [-0.3, -0.25) is 4.79 Å². The molecule has 20 heavy (non-hydrogen) atoms. The maximum Gasteiger partial charge on any atom is 0.252 e. The zero-order valence-electron chi connectivity index (χ0n) is 11.7. The normalized spacial score (nSPS) is 10.1. The molecule has 0 bridgehead atoms. The standard InChI is InChI=1S/C16H18N2O2/c1-18(2)13-8-9-15(14(10-13)16(17)19)20-11-12-6-4-3-5-7-12/h3-10H,11H2,1-2H3,(H2,17,19). The number of rotatable bonds is 5. The summed E-state index contributed by atoms with van der Waals surface area (Å²) >= 11 is 0. The van der Waals surface area contributed by atoms with E-state index in [0.717, 1.165) is 11.3 Å². The lowest BCUT2D eigenvalue weighted by Gasteiger charge is -2.16. The minimum atomic E-state index is -0.489. The average molecular weight is 270 g/mol. The molecule has 104 valence electrons. The monoisotopic (exact) mass is 270 g/mol. The lowest BCUT2D eigenvalue weighted by atomic mass is 10.1. The van der Waals surface area contributed by atoms with Crippen molar-refractivity contribution >= 4 is 11.6 Å². The van der Waals surface area contributed by atoms with Gasteiger partial charge >= 0.3 is 0 Å². The third kappa shape index (κ3) is 3.29. The van der Waals surface area contributed by atoms with Gasteiger partial charge in [0.1, 0.15) is 12.4 Å². The maximum absolute atomic E-state index is 11.5. The number of nitrogens with two attached hydrogens (primary N) is 1. The molecule has 2 aromatic carbocycles. The fourth-order valence-corrected chi connectivity index (χ4v) is 1.85. The third-order valence-corrected chi connectivity index (χ3v) is 2.98. The zero-order chi connectivity index (χ0) is 14.5. The molecular formula is C16H18N2O2. The predicted molar refractivity (Wildman–Crippen MR) is 80.1 cm³/mol.